The Kier molecular flexibility index (Phi) is 3.47. The van der Waals surface area contributed by atoms with Gasteiger partial charge < -0.3 is 15.9 Å². The Labute approximate surface area is 112 Å². The molecule has 0 saturated carbocycles. The zero-order valence-electron chi connectivity index (χ0n) is 10.1. The Balaban J connectivity index is 2.42. The van der Waals surface area contributed by atoms with Crippen molar-refractivity contribution in [1.29, 1.82) is 0 Å². The van der Waals surface area contributed by atoms with E-state index < -0.39 is 16.8 Å². The van der Waals surface area contributed by atoms with Crippen LogP contribution in [0.4, 0.5) is 5.69 Å². The summed E-state index contributed by atoms with van der Waals surface area (Å²) in [5.74, 6) is -1.06. The van der Waals surface area contributed by atoms with Crippen LogP contribution in [0.25, 0.3) is 11.3 Å². The first kappa shape index (κ1) is 13.3. The van der Waals surface area contributed by atoms with Crippen LogP contribution in [0.3, 0.4) is 0 Å². The molecule has 1 aromatic carbocycles. The van der Waals surface area contributed by atoms with Crippen LogP contribution in [0, 0.1) is 10.1 Å². The summed E-state index contributed by atoms with van der Waals surface area (Å²) < 4.78 is 5.25. The van der Waals surface area contributed by atoms with Crippen LogP contribution in [-0.4, -0.2) is 16.8 Å². The number of furan rings is 1. The minimum atomic E-state index is -0.755. The monoisotopic (exact) mass is 274 g/mol. The van der Waals surface area contributed by atoms with Crippen molar-refractivity contribution in [2.45, 2.75) is 0 Å². The fourth-order valence-corrected chi connectivity index (χ4v) is 1.61. The maximum Gasteiger partial charge on any atom is 0.315 e. The van der Waals surface area contributed by atoms with Gasteiger partial charge in [-0.25, -0.2) is 0 Å². The second-order valence-corrected chi connectivity index (χ2v) is 3.78. The molecule has 20 heavy (non-hydrogen) atoms. The van der Waals surface area contributed by atoms with Crippen molar-refractivity contribution < 1.29 is 14.1 Å². The number of carbonyl (C=O) groups excluding carboxylic acids is 1. The number of rotatable bonds is 3. The highest BCUT2D eigenvalue weighted by Crippen LogP contribution is 2.30. The van der Waals surface area contributed by atoms with Crippen LogP contribution in [0.5, 0.6) is 0 Å². The standard InChI is InChI=1S/C12H10N4O4/c13-12(14)15-11(17)10-6-5-9(20-10)7-3-1-2-4-8(7)16(18)19/h1-6H,(H4,13,14,15,17). The Morgan fingerprint density at radius 1 is 1.20 bits per heavy atom. The number of para-hydroxylation sites is 1. The molecule has 0 fully saturated rings. The molecule has 1 heterocycles. The molecular weight excluding hydrogens is 264 g/mol. The Bertz CT molecular complexity index is 701. The number of nitrogens with two attached hydrogens (primary N) is 2. The highest BCUT2D eigenvalue weighted by Gasteiger charge is 2.19. The van der Waals surface area contributed by atoms with E-state index in [1.807, 2.05) is 0 Å². The lowest BCUT2D eigenvalue weighted by Crippen LogP contribution is -2.24. The number of guanidine groups is 1. The smallest absolute Gasteiger partial charge is 0.315 e. The van der Waals surface area contributed by atoms with Crippen molar-refractivity contribution in [2.75, 3.05) is 0 Å². The van der Waals surface area contributed by atoms with Crippen LogP contribution < -0.4 is 11.5 Å². The summed E-state index contributed by atoms with van der Waals surface area (Å²) in [6, 6.07) is 8.82. The summed E-state index contributed by atoms with van der Waals surface area (Å²) in [6.45, 7) is 0. The zero-order valence-corrected chi connectivity index (χ0v) is 10.1. The number of hydrogen-bond donors (Lipinski definition) is 2. The predicted octanol–water partition coefficient (Wildman–Crippen LogP) is 1.27. The molecule has 0 unspecified atom stereocenters. The molecule has 0 bridgehead atoms. The van der Waals surface area contributed by atoms with Crippen LogP contribution in [0.2, 0.25) is 0 Å². The fraction of sp³-hybridized carbons (Fsp3) is 0. The molecular formula is C12H10N4O4. The molecule has 2 aromatic rings. The number of carbonyl (C=O) groups is 1. The molecule has 0 radical (unpaired) electrons. The first-order chi connectivity index (χ1) is 9.49. The van der Waals surface area contributed by atoms with Gasteiger partial charge in [0.25, 0.3) is 5.69 Å². The lowest BCUT2D eigenvalue weighted by Gasteiger charge is -1.98. The van der Waals surface area contributed by atoms with Gasteiger partial charge >= 0.3 is 5.91 Å². The largest absolute Gasteiger partial charge is 0.451 e. The summed E-state index contributed by atoms with van der Waals surface area (Å²) in [6.07, 6.45) is 0. The van der Waals surface area contributed by atoms with Crippen LogP contribution >= 0.6 is 0 Å². The van der Waals surface area contributed by atoms with E-state index in [4.69, 9.17) is 15.9 Å². The van der Waals surface area contributed by atoms with E-state index in [0.29, 0.717) is 0 Å². The fourth-order valence-electron chi connectivity index (χ4n) is 1.61. The summed E-state index contributed by atoms with van der Waals surface area (Å²) in [5, 5.41) is 10.9. The average Bonchev–Trinajstić information content (AvgIpc) is 2.87. The molecule has 0 aliphatic carbocycles. The third-order valence-corrected chi connectivity index (χ3v) is 2.41. The molecule has 0 atom stereocenters. The third kappa shape index (κ3) is 2.64. The van der Waals surface area contributed by atoms with Gasteiger partial charge in [-0.05, 0) is 18.2 Å². The van der Waals surface area contributed by atoms with Crippen molar-refractivity contribution >= 4 is 17.6 Å². The normalized spacial score (nSPS) is 10.0. The number of nitro benzene ring substituents is 1. The van der Waals surface area contributed by atoms with E-state index in [2.05, 4.69) is 4.99 Å². The van der Waals surface area contributed by atoms with Gasteiger partial charge in [0.1, 0.15) is 5.76 Å². The van der Waals surface area contributed by atoms with Crippen LogP contribution in [0.1, 0.15) is 10.6 Å². The van der Waals surface area contributed by atoms with Gasteiger partial charge in [0.2, 0.25) is 0 Å². The van der Waals surface area contributed by atoms with E-state index in [1.165, 1.54) is 30.3 Å². The molecule has 8 heteroatoms. The average molecular weight is 274 g/mol. The molecule has 1 aromatic heterocycles. The SMILES string of the molecule is NC(N)=NC(=O)c1ccc(-c2ccccc2[N+](=O)[O-])o1. The molecule has 0 aliphatic heterocycles. The van der Waals surface area contributed by atoms with Crippen molar-refractivity contribution in [3.8, 4) is 11.3 Å². The van der Waals surface area contributed by atoms with Crippen LogP contribution in [0.15, 0.2) is 45.8 Å². The van der Waals surface area contributed by atoms with E-state index in [-0.39, 0.29) is 22.8 Å². The van der Waals surface area contributed by atoms with E-state index in [9.17, 15) is 14.9 Å². The van der Waals surface area contributed by atoms with Gasteiger partial charge in [0.05, 0.1) is 10.5 Å². The minimum absolute atomic E-state index is 0.105. The molecule has 0 spiro atoms. The quantitative estimate of drug-likeness (QED) is 0.374. The van der Waals surface area contributed by atoms with Gasteiger partial charge in [-0.15, -0.1) is 0 Å². The summed E-state index contributed by atoms with van der Waals surface area (Å²) in [5.41, 5.74) is 10.3. The van der Waals surface area contributed by atoms with Crippen molar-refractivity contribution in [2.24, 2.45) is 16.5 Å². The van der Waals surface area contributed by atoms with Gasteiger partial charge in [-0.3, -0.25) is 14.9 Å². The number of amides is 1. The predicted molar refractivity (Wildman–Crippen MR) is 70.9 cm³/mol. The Morgan fingerprint density at radius 3 is 2.55 bits per heavy atom. The Morgan fingerprint density at radius 2 is 1.90 bits per heavy atom. The lowest BCUT2D eigenvalue weighted by molar-refractivity contribution is -0.384. The highest BCUT2D eigenvalue weighted by molar-refractivity contribution is 6.00. The van der Waals surface area contributed by atoms with Gasteiger partial charge in [-0.2, -0.15) is 4.99 Å². The van der Waals surface area contributed by atoms with Crippen LogP contribution in [-0.2, 0) is 0 Å². The highest BCUT2D eigenvalue weighted by atomic mass is 16.6. The summed E-state index contributed by atoms with van der Waals surface area (Å²) in [7, 11) is 0. The lowest BCUT2D eigenvalue weighted by atomic mass is 10.1. The number of nitrogens with zero attached hydrogens (tertiary/aromatic N) is 2. The first-order valence-electron chi connectivity index (χ1n) is 5.46. The number of aliphatic imine (C=N–C) groups is 1. The van der Waals surface area contributed by atoms with Crippen molar-refractivity contribution in [1.82, 2.24) is 0 Å². The maximum atomic E-state index is 11.5. The topological polar surface area (TPSA) is 138 Å². The molecule has 1 amide bonds. The van der Waals surface area contributed by atoms with Crippen molar-refractivity contribution in [3.63, 3.8) is 0 Å². The van der Waals surface area contributed by atoms with Crippen molar-refractivity contribution in [3.05, 3.63) is 52.3 Å². The van der Waals surface area contributed by atoms with Gasteiger partial charge in [0.15, 0.2) is 11.7 Å². The second kappa shape index (κ2) is 5.22. The molecule has 0 saturated heterocycles. The zero-order chi connectivity index (χ0) is 14.7. The number of nitro groups is 1. The third-order valence-electron chi connectivity index (χ3n) is 2.41. The second-order valence-electron chi connectivity index (χ2n) is 3.78. The number of benzene rings is 1. The van der Waals surface area contributed by atoms with Gasteiger partial charge in [0, 0.05) is 6.07 Å². The molecule has 0 aliphatic rings. The summed E-state index contributed by atoms with van der Waals surface area (Å²) in [4.78, 5) is 25.3. The summed E-state index contributed by atoms with van der Waals surface area (Å²) >= 11 is 0. The molecule has 8 nitrogen and oxygen atoms in total. The minimum Gasteiger partial charge on any atom is -0.451 e. The molecule has 102 valence electrons. The maximum absolute atomic E-state index is 11.5. The Hall–Kier alpha value is -3.16. The first-order valence-corrected chi connectivity index (χ1v) is 5.46. The number of hydrogen-bond acceptors (Lipinski definition) is 4. The van der Waals surface area contributed by atoms with Gasteiger partial charge in [-0.1, -0.05) is 12.1 Å². The van der Waals surface area contributed by atoms with E-state index >= 15 is 0 Å². The molecule has 4 N–H and O–H groups in total. The van der Waals surface area contributed by atoms with E-state index in [1.54, 1.807) is 6.07 Å². The van der Waals surface area contributed by atoms with E-state index in [0.717, 1.165) is 0 Å². The molecule has 2 rings (SSSR count).